The Morgan fingerprint density at radius 2 is 1.80 bits per heavy atom. The lowest BCUT2D eigenvalue weighted by Crippen LogP contribution is -2.39. The van der Waals surface area contributed by atoms with Crippen LogP contribution in [0.1, 0.15) is 11.1 Å². The molecule has 1 amide bonds. The van der Waals surface area contributed by atoms with E-state index in [-0.39, 0.29) is 17.2 Å². The number of benzene rings is 3. The number of hydrogen-bond acceptors (Lipinski definition) is 7. The van der Waals surface area contributed by atoms with Gasteiger partial charge in [0.05, 0.1) is 23.9 Å². The van der Waals surface area contributed by atoms with Crippen molar-refractivity contribution in [2.24, 2.45) is 5.10 Å². The lowest BCUT2D eigenvalue weighted by Gasteiger charge is -2.24. The molecule has 0 saturated heterocycles. The topological polar surface area (TPSA) is 121 Å². The second-order valence-corrected chi connectivity index (χ2v) is 9.20. The molecule has 3 aromatic rings. The van der Waals surface area contributed by atoms with Gasteiger partial charge in [0.2, 0.25) is 0 Å². The molecule has 0 atom stereocenters. The lowest BCUT2D eigenvalue weighted by molar-refractivity contribution is -0.119. The van der Waals surface area contributed by atoms with Crippen molar-refractivity contribution in [1.82, 2.24) is 5.43 Å². The molecule has 9 nitrogen and oxygen atoms in total. The number of anilines is 1. The molecular formula is C25H24N4O5S. The van der Waals surface area contributed by atoms with E-state index in [1.165, 1.54) is 31.5 Å². The maximum absolute atomic E-state index is 13.4. The number of hydrazone groups is 1. The number of rotatable bonds is 10. The highest BCUT2D eigenvalue weighted by molar-refractivity contribution is 7.92. The third-order valence-electron chi connectivity index (χ3n) is 4.82. The molecule has 0 radical (unpaired) electrons. The Morgan fingerprint density at radius 1 is 1.09 bits per heavy atom. The van der Waals surface area contributed by atoms with E-state index in [0.29, 0.717) is 17.1 Å². The van der Waals surface area contributed by atoms with E-state index in [1.807, 2.05) is 13.0 Å². The number of nitriles is 1. The molecule has 1 N–H and O–H groups in total. The monoisotopic (exact) mass is 492 g/mol. The summed E-state index contributed by atoms with van der Waals surface area (Å²) in [4.78, 5) is 12.7. The molecule has 0 heterocycles. The summed E-state index contributed by atoms with van der Waals surface area (Å²) in [5.74, 6) is 0.351. The van der Waals surface area contributed by atoms with Crippen molar-refractivity contribution in [2.75, 3.05) is 24.6 Å². The van der Waals surface area contributed by atoms with Gasteiger partial charge >= 0.3 is 0 Å². The predicted octanol–water partition coefficient (Wildman–Crippen LogP) is 3.25. The third kappa shape index (κ3) is 6.82. The number of sulfonamides is 1. The maximum atomic E-state index is 13.4. The van der Waals surface area contributed by atoms with Gasteiger partial charge in [0.15, 0.2) is 6.61 Å². The van der Waals surface area contributed by atoms with Crippen LogP contribution in [0.4, 0.5) is 5.69 Å². The molecule has 0 unspecified atom stereocenters. The van der Waals surface area contributed by atoms with Gasteiger partial charge < -0.3 is 9.47 Å². The first kappa shape index (κ1) is 25.3. The zero-order valence-corrected chi connectivity index (χ0v) is 20.0. The largest absolute Gasteiger partial charge is 0.497 e. The standard InChI is InChI=1S/C25H24N4O5S/c1-19-6-12-24(13-7-19)35(31,32)29(21-4-3-5-23(16-21)33-2)18-25(30)28-27-17-20-8-10-22(11-9-20)34-15-14-26/h3-13,16-17H,15,18H2,1-2H3,(H,28,30)/b27-17-. The van der Waals surface area contributed by atoms with Gasteiger partial charge in [0.1, 0.15) is 24.1 Å². The number of nitrogens with one attached hydrogen (secondary N) is 1. The first-order chi connectivity index (χ1) is 16.8. The highest BCUT2D eigenvalue weighted by Gasteiger charge is 2.27. The fourth-order valence-corrected chi connectivity index (χ4v) is 4.44. The number of carbonyl (C=O) groups is 1. The average molecular weight is 493 g/mol. The van der Waals surface area contributed by atoms with Crippen molar-refractivity contribution in [3.63, 3.8) is 0 Å². The van der Waals surface area contributed by atoms with E-state index in [4.69, 9.17) is 14.7 Å². The Hall–Kier alpha value is -4.36. The highest BCUT2D eigenvalue weighted by atomic mass is 32.2. The minimum Gasteiger partial charge on any atom is -0.497 e. The van der Waals surface area contributed by atoms with Crippen LogP contribution in [0.5, 0.6) is 11.5 Å². The van der Waals surface area contributed by atoms with Gasteiger partial charge in [0.25, 0.3) is 15.9 Å². The van der Waals surface area contributed by atoms with E-state index in [1.54, 1.807) is 54.6 Å². The molecule has 10 heteroatoms. The SMILES string of the molecule is COc1cccc(N(CC(=O)N/N=C\c2ccc(OCC#N)cc2)S(=O)(=O)c2ccc(C)cc2)c1. The summed E-state index contributed by atoms with van der Waals surface area (Å²) < 4.78 is 38.2. The summed E-state index contributed by atoms with van der Waals surface area (Å²) in [5, 5.41) is 12.5. The minimum atomic E-state index is -4.05. The number of carbonyl (C=O) groups excluding carboxylic acids is 1. The average Bonchev–Trinajstić information content (AvgIpc) is 2.87. The summed E-state index contributed by atoms with van der Waals surface area (Å²) in [7, 11) is -2.58. The van der Waals surface area contributed by atoms with E-state index in [9.17, 15) is 13.2 Å². The van der Waals surface area contributed by atoms with Crippen LogP contribution in [0.25, 0.3) is 0 Å². The zero-order chi connectivity index (χ0) is 25.3. The van der Waals surface area contributed by atoms with Crippen molar-refractivity contribution in [2.45, 2.75) is 11.8 Å². The number of nitrogens with zero attached hydrogens (tertiary/aromatic N) is 3. The highest BCUT2D eigenvalue weighted by Crippen LogP contribution is 2.27. The summed E-state index contributed by atoms with van der Waals surface area (Å²) in [6, 6.07) is 21.4. The second-order valence-electron chi connectivity index (χ2n) is 7.34. The Kier molecular flexibility index (Phi) is 8.43. The van der Waals surface area contributed by atoms with Gasteiger partial charge in [-0.05, 0) is 61.0 Å². The van der Waals surface area contributed by atoms with Crippen LogP contribution in [0.2, 0.25) is 0 Å². The molecule has 0 spiro atoms. The smallest absolute Gasteiger partial charge is 0.264 e. The van der Waals surface area contributed by atoms with Gasteiger partial charge in [0, 0.05) is 6.07 Å². The molecule has 3 aromatic carbocycles. The quantitative estimate of drug-likeness (QED) is 0.343. The third-order valence-corrected chi connectivity index (χ3v) is 6.61. The molecular weight excluding hydrogens is 468 g/mol. The van der Waals surface area contributed by atoms with Crippen molar-refractivity contribution >= 4 is 27.8 Å². The summed E-state index contributed by atoms with van der Waals surface area (Å²) >= 11 is 0. The molecule has 180 valence electrons. The first-order valence-corrected chi connectivity index (χ1v) is 11.9. The fourth-order valence-electron chi connectivity index (χ4n) is 3.03. The number of ether oxygens (including phenoxy) is 2. The Morgan fingerprint density at radius 3 is 2.46 bits per heavy atom. The van der Waals surface area contributed by atoms with Crippen LogP contribution >= 0.6 is 0 Å². The predicted molar refractivity (Wildman–Crippen MR) is 132 cm³/mol. The Balaban J connectivity index is 1.78. The molecule has 35 heavy (non-hydrogen) atoms. The fraction of sp³-hybridized carbons (Fsp3) is 0.160. The maximum Gasteiger partial charge on any atom is 0.264 e. The Bertz CT molecular complexity index is 1330. The van der Waals surface area contributed by atoms with Crippen LogP contribution in [-0.4, -0.2) is 40.8 Å². The second kappa shape index (κ2) is 11.7. The van der Waals surface area contributed by atoms with Gasteiger partial charge in [-0.15, -0.1) is 0 Å². The van der Waals surface area contributed by atoms with Crippen molar-refractivity contribution in [1.29, 1.82) is 5.26 Å². The van der Waals surface area contributed by atoms with Crippen molar-refractivity contribution < 1.29 is 22.7 Å². The van der Waals surface area contributed by atoms with Crippen LogP contribution in [0.15, 0.2) is 82.8 Å². The lowest BCUT2D eigenvalue weighted by atomic mass is 10.2. The number of hydrogen-bond donors (Lipinski definition) is 1. The molecule has 0 bridgehead atoms. The number of aryl methyl sites for hydroxylation is 1. The summed E-state index contributed by atoms with van der Waals surface area (Å²) in [5.41, 5.74) is 4.22. The van der Waals surface area contributed by atoms with Gasteiger partial charge in [-0.25, -0.2) is 13.8 Å². The minimum absolute atomic E-state index is 0.0564. The summed E-state index contributed by atoms with van der Waals surface area (Å²) in [6.45, 7) is 1.30. The van der Waals surface area contributed by atoms with E-state index in [2.05, 4.69) is 10.5 Å². The van der Waals surface area contributed by atoms with Crippen LogP contribution in [0.3, 0.4) is 0 Å². The normalized spacial score (nSPS) is 11.0. The van der Waals surface area contributed by atoms with Crippen LogP contribution < -0.4 is 19.2 Å². The van der Waals surface area contributed by atoms with E-state index >= 15 is 0 Å². The molecule has 0 fully saturated rings. The molecule has 0 aliphatic rings. The summed E-state index contributed by atoms with van der Waals surface area (Å²) in [6.07, 6.45) is 1.41. The van der Waals surface area contributed by atoms with Crippen LogP contribution in [-0.2, 0) is 14.8 Å². The molecule has 0 saturated carbocycles. The molecule has 0 aliphatic heterocycles. The molecule has 3 rings (SSSR count). The van der Waals surface area contributed by atoms with Crippen molar-refractivity contribution in [3.8, 4) is 17.6 Å². The zero-order valence-electron chi connectivity index (χ0n) is 19.2. The van der Waals surface area contributed by atoms with Gasteiger partial charge in [-0.1, -0.05) is 23.8 Å². The van der Waals surface area contributed by atoms with Crippen LogP contribution in [0, 0.1) is 18.3 Å². The van der Waals surface area contributed by atoms with Gasteiger partial charge in [-0.3, -0.25) is 9.10 Å². The first-order valence-electron chi connectivity index (χ1n) is 10.5. The molecule has 0 aliphatic carbocycles. The number of methoxy groups -OCH3 is 1. The Labute approximate surface area is 204 Å². The van der Waals surface area contributed by atoms with E-state index in [0.717, 1.165) is 9.87 Å². The number of amides is 1. The molecule has 0 aromatic heterocycles. The van der Waals surface area contributed by atoms with E-state index < -0.39 is 22.5 Å². The van der Waals surface area contributed by atoms with Gasteiger partial charge in [-0.2, -0.15) is 10.4 Å². The van der Waals surface area contributed by atoms with Crippen molar-refractivity contribution in [3.05, 3.63) is 83.9 Å².